The summed E-state index contributed by atoms with van der Waals surface area (Å²) in [7, 11) is 0. The summed E-state index contributed by atoms with van der Waals surface area (Å²) >= 11 is 0. The van der Waals surface area contributed by atoms with Gasteiger partial charge in [0.2, 0.25) is 5.91 Å². The Morgan fingerprint density at radius 3 is 2.43 bits per heavy atom. The Morgan fingerprint density at radius 2 is 1.71 bits per heavy atom. The number of hydrogen-bond donors (Lipinski definition) is 1. The van der Waals surface area contributed by atoms with Crippen LogP contribution in [0.4, 0.5) is 11.4 Å². The van der Waals surface area contributed by atoms with Crippen LogP contribution in [0, 0.1) is 13.8 Å². The van der Waals surface area contributed by atoms with Crippen molar-refractivity contribution in [1.29, 1.82) is 0 Å². The SMILES string of the molecule is CC(=O)N1CCN(c2ccccc2NC(=O)COc2cccc(C)c2C)CC1. The molecule has 1 saturated heterocycles. The topological polar surface area (TPSA) is 61.9 Å². The van der Waals surface area contributed by atoms with Gasteiger partial charge in [-0.25, -0.2) is 0 Å². The van der Waals surface area contributed by atoms with Crippen molar-refractivity contribution < 1.29 is 14.3 Å². The number of nitrogens with zero attached hydrogens (tertiary/aromatic N) is 2. The minimum atomic E-state index is -0.198. The zero-order valence-electron chi connectivity index (χ0n) is 16.7. The van der Waals surface area contributed by atoms with Crippen LogP contribution in [0.1, 0.15) is 18.1 Å². The van der Waals surface area contributed by atoms with Crippen molar-refractivity contribution in [2.24, 2.45) is 0 Å². The Kier molecular flexibility index (Phi) is 6.19. The van der Waals surface area contributed by atoms with Gasteiger partial charge in [-0.3, -0.25) is 9.59 Å². The molecule has 0 aromatic heterocycles. The molecule has 148 valence electrons. The van der Waals surface area contributed by atoms with Crippen molar-refractivity contribution in [3.63, 3.8) is 0 Å². The van der Waals surface area contributed by atoms with Crippen LogP contribution in [-0.2, 0) is 9.59 Å². The van der Waals surface area contributed by atoms with Crippen LogP contribution < -0.4 is 15.0 Å². The van der Waals surface area contributed by atoms with E-state index < -0.39 is 0 Å². The summed E-state index contributed by atoms with van der Waals surface area (Å²) in [6, 6.07) is 13.5. The standard InChI is InChI=1S/C22H27N3O3/c1-16-7-6-10-21(17(16)2)28-15-22(27)23-19-8-4-5-9-20(19)25-13-11-24(12-14-25)18(3)26/h4-10H,11-15H2,1-3H3,(H,23,27). The van der Waals surface area contributed by atoms with Gasteiger partial charge in [-0.05, 0) is 43.2 Å². The monoisotopic (exact) mass is 381 g/mol. The van der Waals surface area contributed by atoms with Gasteiger partial charge in [0.1, 0.15) is 5.75 Å². The van der Waals surface area contributed by atoms with Crippen LogP contribution in [0.25, 0.3) is 0 Å². The predicted molar refractivity (Wildman–Crippen MR) is 111 cm³/mol. The molecule has 1 aliphatic rings. The third-order valence-electron chi connectivity index (χ3n) is 5.16. The Bertz CT molecular complexity index is 858. The molecule has 0 unspecified atom stereocenters. The van der Waals surface area contributed by atoms with Gasteiger partial charge in [-0.1, -0.05) is 24.3 Å². The van der Waals surface area contributed by atoms with E-state index in [-0.39, 0.29) is 18.4 Å². The number of carbonyl (C=O) groups excluding carboxylic acids is 2. The lowest BCUT2D eigenvalue weighted by atomic mass is 10.1. The second-order valence-electron chi connectivity index (χ2n) is 7.05. The highest BCUT2D eigenvalue weighted by molar-refractivity contribution is 5.95. The maximum absolute atomic E-state index is 12.5. The summed E-state index contributed by atoms with van der Waals surface area (Å²) in [5.74, 6) is 0.629. The predicted octanol–water partition coefficient (Wildman–Crippen LogP) is 2.99. The molecule has 6 nitrogen and oxygen atoms in total. The molecule has 0 radical (unpaired) electrons. The van der Waals surface area contributed by atoms with Gasteiger partial charge in [0, 0.05) is 33.1 Å². The van der Waals surface area contributed by atoms with Crippen molar-refractivity contribution in [2.45, 2.75) is 20.8 Å². The van der Waals surface area contributed by atoms with Gasteiger partial charge in [0.05, 0.1) is 11.4 Å². The van der Waals surface area contributed by atoms with Crippen molar-refractivity contribution in [3.05, 3.63) is 53.6 Å². The lowest BCUT2D eigenvalue weighted by Crippen LogP contribution is -2.48. The smallest absolute Gasteiger partial charge is 0.262 e. The van der Waals surface area contributed by atoms with Crippen molar-refractivity contribution in [1.82, 2.24) is 4.90 Å². The molecule has 1 aliphatic heterocycles. The Hall–Kier alpha value is -3.02. The number of aryl methyl sites for hydroxylation is 1. The lowest BCUT2D eigenvalue weighted by molar-refractivity contribution is -0.129. The third kappa shape index (κ3) is 4.63. The summed E-state index contributed by atoms with van der Waals surface area (Å²) < 4.78 is 5.71. The molecule has 1 heterocycles. The molecule has 1 N–H and O–H groups in total. The molecule has 1 fully saturated rings. The largest absolute Gasteiger partial charge is 0.483 e. The molecule has 0 spiro atoms. The molecule has 0 aliphatic carbocycles. The van der Waals surface area contributed by atoms with Gasteiger partial charge >= 0.3 is 0 Å². The molecule has 2 amide bonds. The second-order valence-corrected chi connectivity index (χ2v) is 7.05. The first-order chi connectivity index (χ1) is 13.5. The van der Waals surface area contributed by atoms with Crippen LogP contribution in [-0.4, -0.2) is 49.5 Å². The fraction of sp³-hybridized carbons (Fsp3) is 0.364. The van der Waals surface area contributed by atoms with Crippen LogP contribution in [0.2, 0.25) is 0 Å². The third-order valence-corrected chi connectivity index (χ3v) is 5.16. The first-order valence-electron chi connectivity index (χ1n) is 9.54. The highest BCUT2D eigenvalue weighted by atomic mass is 16.5. The van der Waals surface area contributed by atoms with E-state index in [2.05, 4.69) is 10.2 Å². The fourth-order valence-corrected chi connectivity index (χ4v) is 3.33. The van der Waals surface area contributed by atoms with Crippen LogP contribution >= 0.6 is 0 Å². The van der Waals surface area contributed by atoms with E-state index in [4.69, 9.17) is 4.74 Å². The number of anilines is 2. The number of piperazine rings is 1. The Labute approximate surface area is 166 Å². The maximum Gasteiger partial charge on any atom is 0.262 e. The average Bonchev–Trinajstić information content (AvgIpc) is 2.69. The number of nitrogens with one attached hydrogen (secondary N) is 1. The van der Waals surface area contributed by atoms with E-state index in [1.165, 1.54) is 0 Å². The molecular weight excluding hydrogens is 354 g/mol. The van der Waals surface area contributed by atoms with E-state index >= 15 is 0 Å². The Balaban J connectivity index is 1.62. The van der Waals surface area contributed by atoms with E-state index in [0.717, 1.165) is 41.3 Å². The van der Waals surface area contributed by atoms with Gasteiger partial charge in [0.15, 0.2) is 6.61 Å². The van der Waals surface area contributed by atoms with E-state index in [0.29, 0.717) is 13.1 Å². The first kappa shape index (κ1) is 19.7. The van der Waals surface area contributed by atoms with Crippen LogP contribution in [0.15, 0.2) is 42.5 Å². The van der Waals surface area contributed by atoms with Gasteiger partial charge in [0.25, 0.3) is 5.91 Å². The summed E-state index contributed by atoms with van der Waals surface area (Å²) in [5, 5.41) is 2.96. The molecular formula is C22H27N3O3. The minimum Gasteiger partial charge on any atom is -0.483 e. The van der Waals surface area contributed by atoms with E-state index in [1.54, 1.807) is 6.92 Å². The quantitative estimate of drug-likeness (QED) is 0.865. The molecule has 0 bridgehead atoms. The zero-order chi connectivity index (χ0) is 20.1. The number of hydrogen-bond acceptors (Lipinski definition) is 4. The van der Waals surface area contributed by atoms with Crippen LogP contribution in [0.3, 0.4) is 0 Å². The Morgan fingerprint density at radius 1 is 1.00 bits per heavy atom. The zero-order valence-corrected chi connectivity index (χ0v) is 16.7. The van der Waals surface area contributed by atoms with E-state index in [9.17, 15) is 9.59 Å². The molecule has 0 atom stereocenters. The minimum absolute atomic E-state index is 0.0449. The molecule has 2 aromatic rings. The van der Waals surface area contributed by atoms with Gasteiger partial charge in [-0.2, -0.15) is 0 Å². The summed E-state index contributed by atoms with van der Waals surface area (Å²) in [6.45, 7) is 8.41. The number of amides is 2. The molecule has 6 heteroatoms. The number of benzene rings is 2. The summed E-state index contributed by atoms with van der Waals surface area (Å²) in [6.07, 6.45) is 0. The molecule has 0 saturated carbocycles. The lowest BCUT2D eigenvalue weighted by Gasteiger charge is -2.36. The summed E-state index contributed by atoms with van der Waals surface area (Å²) in [4.78, 5) is 28.0. The van der Waals surface area contributed by atoms with Crippen molar-refractivity contribution in [2.75, 3.05) is 43.0 Å². The molecule has 28 heavy (non-hydrogen) atoms. The fourth-order valence-electron chi connectivity index (χ4n) is 3.33. The first-order valence-corrected chi connectivity index (χ1v) is 9.54. The highest BCUT2D eigenvalue weighted by Crippen LogP contribution is 2.27. The van der Waals surface area contributed by atoms with E-state index in [1.807, 2.05) is 61.2 Å². The number of rotatable bonds is 5. The molecule has 2 aromatic carbocycles. The van der Waals surface area contributed by atoms with Crippen LogP contribution in [0.5, 0.6) is 5.75 Å². The van der Waals surface area contributed by atoms with Gasteiger partial charge < -0.3 is 19.9 Å². The number of ether oxygens (including phenoxy) is 1. The number of carbonyl (C=O) groups is 2. The normalized spacial score (nSPS) is 14.0. The van der Waals surface area contributed by atoms with Crippen molar-refractivity contribution in [3.8, 4) is 5.75 Å². The van der Waals surface area contributed by atoms with Crippen molar-refractivity contribution >= 4 is 23.2 Å². The highest BCUT2D eigenvalue weighted by Gasteiger charge is 2.21. The average molecular weight is 381 g/mol. The maximum atomic E-state index is 12.5. The van der Waals surface area contributed by atoms with Gasteiger partial charge in [-0.15, -0.1) is 0 Å². The summed E-state index contributed by atoms with van der Waals surface area (Å²) in [5.41, 5.74) is 3.89. The number of para-hydroxylation sites is 2. The second kappa shape index (κ2) is 8.78. The molecule has 3 rings (SSSR count).